The maximum absolute atomic E-state index is 12.3. The van der Waals surface area contributed by atoms with Crippen molar-refractivity contribution in [2.24, 2.45) is 5.92 Å². The van der Waals surface area contributed by atoms with E-state index in [0.29, 0.717) is 18.2 Å². The molecule has 21 heavy (non-hydrogen) atoms. The van der Waals surface area contributed by atoms with Gasteiger partial charge in [-0.1, -0.05) is 18.5 Å². The van der Waals surface area contributed by atoms with Crippen molar-refractivity contribution in [2.45, 2.75) is 26.2 Å². The molecular weight excluding hydrogens is 292 g/mol. The number of rotatable bonds is 6. The van der Waals surface area contributed by atoms with Gasteiger partial charge in [0.2, 0.25) is 0 Å². The Hall–Kier alpha value is -1.75. The summed E-state index contributed by atoms with van der Waals surface area (Å²) in [5.41, 5.74) is 0.532. The van der Waals surface area contributed by atoms with Crippen molar-refractivity contribution in [3.05, 3.63) is 28.8 Å². The Kier molecular flexibility index (Phi) is 5.07. The fourth-order valence-electron chi connectivity index (χ4n) is 2.13. The Morgan fingerprint density at radius 3 is 2.67 bits per heavy atom. The zero-order valence-corrected chi connectivity index (χ0v) is 12.7. The highest BCUT2D eigenvalue weighted by atomic mass is 35.5. The number of benzene rings is 1. The zero-order chi connectivity index (χ0) is 15.4. The van der Waals surface area contributed by atoms with E-state index in [4.69, 9.17) is 16.7 Å². The highest BCUT2D eigenvalue weighted by molar-refractivity contribution is 6.33. The van der Waals surface area contributed by atoms with Crippen LogP contribution in [0.4, 0.5) is 10.5 Å². The lowest BCUT2D eigenvalue weighted by atomic mass is 10.2. The van der Waals surface area contributed by atoms with Crippen molar-refractivity contribution >= 4 is 29.3 Å². The third-order valence-corrected chi connectivity index (χ3v) is 3.72. The van der Waals surface area contributed by atoms with Gasteiger partial charge in [0.25, 0.3) is 0 Å². The molecule has 1 aliphatic carbocycles. The molecule has 1 saturated carbocycles. The van der Waals surface area contributed by atoms with E-state index in [9.17, 15) is 9.59 Å². The van der Waals surface area contributed by atoms with Gasteiger partial charge in [0.15, 0.2) is 0 Å². The van der Waals surface area contributed by atoms with Gasteiger partial charge in [-0.3, -0.25) is 0 Å². The number of nitrogens with zero attached hydrogens (tertiary/aromatic N) is 1. The van der Waals surface area contributed by atoms with Gasteiger partial charge in [-0.25, -0.2) is 9.59 Å². The van der Waals surface area contributed by atoms with Crippen molar-refractivity contribution in [3.8, 4) is 0 Å². The summed E-state index contributed by atoms with van der Waals surface area (Å²) < 4.78 is 0. The fourth-order valence-corrected chi connectivity index (χ4v) is 2.39. The number of hydrogen-bond donors (Lipinski definition) is 2. The average Bonchev–Trinajstić information content (AvgIpc) is 3.21. The molecule has 0 saturated heterocycles. The van der Waals surface area contributed by atoms with Crippen molar-refractivity contribution in [1.82, 2.24) is 4.90 Å². The van der Waals surface area contributed by atoms with Gasteiger partial charge in [-0.15, -0.1) is 0 Å². The number of carboxylic acids is 1. The van der Waals surface area contributed by atoms with Crippen LogP contribution in [-0.4, -0.2) is 35.1 Å². The predicted octanol–water partition coefficient (Wildman–Crippen LogP) is 3.69. The first-order valence-corrected chi connectivity index (χ1v) is 7.47. The molecule has 0 unspecified atom stereocenters. The van der Waals surface area contributed by atoms with E-state index >= 15 is 0 Å². The highest BCUT2D eigenvalue weighted by Crippen LogP contribution is 2.30. The topological polar surface area (TPSA) is 69.6 Å². The van der Waals surface area contributed by atoms with Crippen molar-refractivity contribution in [2.75, 3.05) is 18.4 Å². The zero-order valence-electron chi connectivity index (χ0n) is 11.9. The molecule has 2 amide bonds. The van der Waals surface area contributed by atoms with Crippen LogP contribution in [0.2, 0.25) is 5.02 Å². The van der Waals surface area contributed by atoms with E-state index in [0.717, 1.165) is 13.0 Å². The summed E-state index contributed by atoms with van der Waals surface area (Å²) in [7, 11) is 0. The summed E-state index contributed by atoms with van der Waals surface area (Å²) in [6, 6.07) is 4.24. The molecule has 0 heterocycles. The molecular formula is C15H19ClN2O3. The molecule has 1 aromatic carbocycles. The second-order valence-corrected chi connectivity index (χ2v) is 5.73. The van der Waals surface area contributed by atoms with E-state index in [-0.39, 0.29) is 16.6 Å². The molecule has 0 aromatic heterocycles. The summed E-state index contributed by atoms with van der Waals surface area (Å²) >= 11 is 5.90. The first-order valence-electron chi connectivity index (χ1n) is 7.10. The summed E-state index contributed by atoms with van der Waals surface area (Å²) in [6.45, 7) is 3.52. The maximum Gasteiger partial charge on any atom is 0.337 e. The van der Waals surface area contributed by atoms with Crippen LogP contribution in [0.15, 0.2) is 18.2 Å². The summed E-state index contributed by atoms with van der Waals surface area (Å²) in [5.74, 6) is -0.459. The maximum atomic E-state index is 12.3. The van der Waals surface area contributed by atoms with Crippen molar-refractivity contribution < 1.29 is 14.7 Å². The summed E-state index contributed by atoms with van der Waals surface area (Å²) in [6.07, 6.45) is 3.28. The van der Waals surface area contributed by atoms with E-state index in [2.05, 4.69) is 5.32 Å². The lowest BCUT2D eigenvalue weighted by Crippen LogP contribution is -2.37. The Labute approximate surface area is 128 Å². The van der Waals surface area contributed by atoms with Crippen LogP contribution < -0.4 is 5.32 Å². The Morgan fingerprint density at radius 1 is 1.43 bits per heavy atom. The Balaban J connectivity index is 2.03. The minimum Gasteiger partial charge on any atom is -0.478 e. The molecule has 0 radical (unpaired) electrons. The van der Waals surface area contributed by atoms with Gasteiger partial charge >= 0.3 is 12.0 Å². The van der Waals surface area contributed by atoms with Crippen LogP contribution in [0.25, 0.3) is 0 Å². The molecule has 2 N–H and O–H groups in total. The highest BCUT2D eigenvalue weighted by Gasteiger charge is 2.26. The number of amides is 2. The molecule has 0 spiro atoms. The quantitative estimate of drug-likeness (QED) is 0.842. The van der Waals surface area contributed by atoms with Crippen LogP contribution in [0.5, 0.6) is 0 Å². The van der Waals surface area contributed by atoms with E-state index < -0.39 is 5.97 Å². The predicted molar refractivity (Wildman–Crippen MR) is 82.0 cm³/mol. The SMILES string of the molecule is CCCN(CC1CC1)C(=O)Nc1ccc(C(=O)O)c(Cl)c1. The van der Waals surface area contributed by atoms with E-state index in [1.165, 1.54) is 25.0 Å². The van der Waals surface area contributed by atoms with Crippen molar-refractivity contribution in [3.63, 3.8) is 0 Å². The van der Waals surface area contributed by atoms with Gasteiger partial charge in [0, 0.05) is 18.8 Å². The molecule has 6 heteroatoms. The third-order valence-electron chi connectivity index (χ3n) is 3.41. The van der Waals surface area contributed by atoms with Crippen molar-refractivity contribution in [1.29, 1.82) is 0 Å². The molecule has 1 fully saturated rings. The summed E-state index contributed by atoms with van der Waals surface area (Å²) in [4.78, 5) is 25.0. The average molecular weight is 311 g/mol. The van der Waals surface area contributed by atoms with E-state index in [1.54, 1.807) is 11.0 Å². The minimum absolute atomic E-state index is 0.0260. The third kappa shape index (κ3) is 4.36. The number of hydrogen-bond acceptors (Lipinski definition) is 2. The van der Waals surface area contributed by atoms with Gasteiger partial charge in [0.1, 0.15) is 0 Å². The largest absolute Gasteiger partial charge is 0.478 e. The molecule has 0 atom stereocenters. The van der Waals surface area contributed by atoms with Crippen LogP contribution in [0.3, 0.4) is 0 Å². The molecule has 114 valence electrons. The lowest BCUT2D eigenvalue weighted by Gasteiger charge is -2.22. The molecule has 1 aromatic rings. The molecule has 2 rings (SSSR count). The van der Waals surface area contributed by atoms with Crippen LogP contribution >= 0.6 is 11.6 Å². The second kappa shape index (κ2) is 6.80. The van der Waals surface area contributed by atoms with E-state index in [1.807, 2.05) is 6.92 Å². The van der Waals surface area contributed by atoms with Gasteiger partial charge in [-0.2, -0.15) is 0 Å². The van der Waals surface area contributed by atoms with Crippen LogP contribution in [0.1, 0.15) is 36.5 Å². The van der Waals surface area contributed by atoms with Crippen LogP contribution in [-0.2, 0) is 0 Å². The number of carbonyl (C=O) groups is 2. The van der Waals surface area contributed by atoms with Gasteiger partial charge in [0.05, 0.1) is 10.6 Å². The van der Waals surface area contributed by atoms with Gasteiger partial charge < -0.3 is 15.3 Å². The lowest BCUT2D eigenvalue weighted by molar-refractivity contribution is 0.0697. The normalized spacial score (nSPS) is 13.8. The smallest absolute Gasteiger partial charge is 0.337 e. The number of halogens is 1. The number of aromatic carboxylic acids is 1. The number of carbonyl (C=O) groups excluding carboxylic acids is 1. The second-order valence-electron chi connectivity index (χ2n) is 5.32. The monoisotopic (exact) mass is 310 g/mol. The molecule has 1 aliphatic rings. The number of urea groups is 1. The number of anilines is 1. The number of nitrogens with one attached hydrogen (secondary N) is 1. The molecule has 0 aliphatic heterocycles. The van der Waals surface area contributed by atoms with Gasteiger partial charge in [-0.05, 0) is 43.4 Å². The standard InChI is InChI=1S/C15H19ClN2O3/c1-2-7-18(9-10-3-4-10)15(21)17-11-5-6-12(14(19)20)13(16)8-11/h5-6,8,10H,2-4,7,9H2,1H3,(H,17,21)(H,19,20). The molecule has 5 nitrogen and oxygen atoms in total. The minimum atomic E-state index is -1.08. The summed E-state index contributed by atoms with van der Waals surface area (Å²) in [5, 5.41) is 11.8. The fraction of sp³-hybridized carbons (Fsp3) is 0.467. The Morgan fingerprint density at radius 2 is 2.14 bits per heavy atom. The van der Waals surface area contributed by atoms with Crippen LogP contribution in [0, 0.1) is 5.92 Å². The first kappa shape index (κ1) is 15.6. The Bertz CT molecular complexity index is 544. The molecule has 0 bridgehead atoms. The first-order chi connectivity index (χ1) is 10.0. The number of carboxylic acid groups (broad SMARTS) is 1.